The van der Waals surface area contributed by atoms with Gasteiger partial charge in [0.05, 0.1) is 18.9 Å². The SMILES string of the molecule is COc1cnccc1-c1cc(Cl)nc(C(F)F)c1C(=O)O. The Morgan fingerprint density at radius 1 is 1.43 bits per heavy atom. The van der Waals surface area contributed by atoms with Gasteiger partial charge >= 0.3 is 5.97 Å². The van der Waals surface area contributed by atoms with Gasteiger partial charge in [-0.3, -0.25) is 4.98 Å². The number of nitrogens with zero attached hydrogens (tertiary/aromatic N) is 2. The molecule has 8 heteroatoms. The summed E-state index contributed by atoms with van der Waals surface area (Å²) in [5, 5.41) is 9.01. The van der Waals surface area contributed by atoms with Gasteiger partial charge in [0, 0.05) is 17.3 Å². The predicted octanol–water partition coefficient (Wildman–Crippen LogP) is 3.44. The van der Waals surface area contributed by atoms with E-state index in [4.69, 9.17) is 16.3 Å². The Morgan fingerprint density at radius 3 is 2.71 bits per heavy atom. The number of halogens is 3. The van der Waals surface area contributed by atoms with Crippen molar-refractivity contribution in [2.75, 3.05) is 7.11 Å². The van der Waals surface area contributed by atoms with Crippen LogP contribution in [-0.4, -0.2) is 28.2 Å². The fourth-order valence-corrected chi connectivity index (χ4v) is 2.09. The molecule has 5 nitrogen and oxygen atoms in total. The number of ether oxygens (including phenoxy) is 1. The molecule has 0 amide bonds. The standard InChI is InChI=1S/C13H9ClF2N2O3/c1-21-8-5-17-3-2-6(8)7-4-9(14)18-11(12(15)16)10(7)13(19)20/h2-5,12H,1H3,(H,19,20). The first-order chi connectivity index (χ1) is 9.95. The summed E-state index contributed by atoms with van der Waals surface area (Å²) in [7, 11) is 1.36. The molecule has 0 saturated carbocycles. The second-order valence-electron chi connectivity index (χ2n) is 3.93. The van der Waals surface area contributed by atoms with Crippen molar-refractivity contribution in [1.82, 2.24) is 9.97 Å². The second kappa shape index (κ2) is 6.01. The molecule has 0 atom stereocenters. The Kier molecular flexibility index (Phi) is 4.32. The number of hydrogen-bond donors (Lipinski definition) is 1. The highest BCUT2D eigenvalue weighted by Gasteiger charge is 2.26. The van der Waals surface area contributed by atoms with Gasteiger partial charge in [-0.25, -0.2) is 18.6 Å². The number of carboxylic acids is 1. The average molecular weight is 315 g/mol. The summed E-state index contributed by atoms with van der Waals surface area (Å²) in [6.45, 7) is 0. The topological polar surface area (TPSA) is 72.3 Å². The van der Waals surface area contributed by atoms with Gasteiger partial charge in [-0.1, -0.05) is 11.6 Å². The van der Waals surface area contributed by atoms with Crippen LogP contribution in [0.5, 0.6) is 5.75 Å². The van der Waals surface area contributed by atoms with E-state index in [1.807, 2.05) is 0 Å². The monoisotopic (exact) mass is 314 g/mol. The minimum Gasteiger partial charge on any atom is -0.494 e. The van der Waals surface area contributed by atoms with Gasteiger partial charge in [-0.05, 0) is 12.1 Å². The quantitative estimate of drug-likeness (QED) is 0.875. The zero-order chi connectivity index (χ0) is 15.6. The summed E-state index contributed by atoms with van der Waals surface area (Å²) in [6.07, 6.45) is -0.335. The molecule has 2 rings (SSSR count). The van der Waals surface area contributed by atoms with Crippen molar-refractivity contribution in [3.8, 4) is 16.9 Å². The third-order valence-electron chi connectivity index (χ3n) is 2.73. The Bertz CT molecular complexity index is 695. The molecular weight excluding hydrogens is 306 g/mol. The Hall–Kier alpha value is -2.28. The van der Waals surface area contributed by atoms with Gasteiger partial charge in [0.25, 0.3) is 6.43 Å². The van der Waals surface area contributed by atoms with E-state index in [1.165, 1.54) is 31.6 Å². The number of rotatable bonds is 4. The first-order valence-electron chi connectivity index (χ1n) is 5.66. The van der Waals surface area contributed by atoms with E-state index in [-0.39, 0.29) is 22.0 Å². The third kappa shape index (κ3) is 2.92. The van der Waals surface area contributed by atoms with Gasteiger partial charge in [-0.2, -0.15) is 0 Å². The van der Waals surface area contributed by atoms with Crippen molar-refractivity contribution in [3.05, 3.63) is 40.9 Å². The molecule has 110 valence electrons. The molecule has 2 heterocycles. The summed E-state index contributed by atoms with van der Waals surface area (Å²) in [5.41, 5.74) is -1.21. The average Bonchev–Trinajstić information content (AvgIpc) is 2.45. The number of methoxy groups -OCH3 is 1. The molecule has 2 aromatic rings. The molecule has 0 bridgehead atoms. The van der Waals surface area contributed by atoms with Gasteiger partial charge in [0.2, 0.25) is 0 Å². The Labute approximate surface area is 123 Å². The summed E-state index contributed by atoms with van der Waals surface area (Å²) >= 11 is 5.72. The van der Waals surface area contributed by atoms with Crippen LogP contribution in [0.1, 0.15) is 22.5 Å². The van der Waals surface area contributed by atoms with E-state index in [2.05, 4.69) is 9.97 Å². The first-order valence-corrected chi connectivity index (χ1v) is 6.03. The zero-order valence-corrected chi connectivity index (χ0v) is 11.4. The molecule has 21 heavy (non-hydrogen) atoms. The Balaban J connectivity index is 2.82. The molecule has 0 radical (unpaired) electrons. The highest BCUT2D eigenvalue weighted by molar-refractivity contribution is 6.30. The highest BCUT2D eigenvalue weighted by Crippen LogP contribution is 2.36. The van der Waals surface area contributed by atoms with Crippen molar-refractivity contribution >= 4 is 17.6 Å². The number of carboxylic acid groups (broad SMARTS) is 1. The van der Waals surface area contributed by atoms with Crippen LogP contribution < -0.4 is 4.74 Å². The number of alkyl halides is 2. The maximum absolute atomic E-state index is 13.0. The molecule has 0 aromatic carbocycles. The summed E-state index contributed by atoms with van der Waals surface area (Å²) < 4.78 is 31.1. The van der Waals surface area contributed by atoms with E-state index in [0.29, 0.717) is 0 Å². The van der Waals surface area contributed by atoms with Gasteiger partial charge in [-0.15, -0.1) is 0 Å². The van der Waals surface area contributed by atoms with Gasteiger partial charge in [0.15, 0.2) is 0 Å². The molecule has 0 aliphatic rings. The predicted molar refractivity (Wildman–Crippen MR) is 70.9 cm³/mol. The molecule has 0 unspecified atom stereocenters. The first kappa shape index (κ1) is 15.1. The number of pyridine rings is 2. The fraction of sp³-hybridized carbons (Fsp3) is 0.154. The van der Waals surface area contributed by atoms with Crippen LogP contribution >= 0.6 is 11.6 Å². The molecule has 0 fully saturated rings. The maximum Gasteiger partial charge on any atom is 0.338 e. The second-order valence-corrected chi connectivity index (χ2v) is 4.32. The van der Waals surface area contributed by atoms with Crippen LogP contribution in [0.25, 0.3) is 11.1 Å². The molecule has 0 saturated heterocycles. The third-order valence-corrected chi connectivity index (χ3v) is 2.92. The molecule has 0 aliphatic carbocycles. The minimum atomic E-state index is -3.07. The smallest absolute Gasteiger partial charge is 0.338 e. The number of hydrogen-bond acceptors (Lipinski definition) is 4. The zero-order valence-electron chi connectivity index (χ0n) is 10.7. The van der Waals surface area contributed by atoms with E-state index in [0.717, 1.165) is 0 Å². The lowest BCUT2D eigenvalue weighted by Crippen LogP contribution is -2.09. The Morgan fingerprint density at radius 2 is 2.14 bits per heavy atom. The summed E-state index contributed by atoms with van der Waals surface area (Å²) in [5.74, 6) is -1.29. The van der Waals surface area contributed by atoms with E-state index < -0.39 is 23.7 Å². The van der Waals surface area contributed by atoms with Crippen molar-refractivity contribution in [3.63, 3.8) is 0 Å². The highest BCUT2D eigenvalue weighted by atomic mass is 35.5. The van der Waals surface area contributed by atoms with Crippen LogP contribution in [0.15, 0.2) is 24.5 Å². The summed E-state index contributed by atoms with van der Waals surface area (Å²) in [4.78, 5) is 18.6. The largest absolute Gasteiger partial charge is 0.494 e. The van der Waals surface area contributed by atoms with Gasteiger partial charge < -0.3 is 9.84 Å². The van der Waals surface area contributed by atoms with Crippen LogP contribution in [0, 0.1) is 0 Å². The molecule has 2 aromatic heterocycles. The molecular formula is C13H9ClF2N2O3. The molecule has 0 spiro atoms. The lowest BCUT2D eigenvalue weighted by molar-refractivity contribution is 0.0683. The van der Waals surface area contributed by atoms with Crippen molar-refractivity contribution < 1.29 is 23.4 Å². The lowest BCUT2D eigenvalue weighted by atomic mass is 9.99. The number of aromatic carboxylic acids is 1. The van der Waals surface area contributed by atoms with Crippen molar-refractivity contribution in [2.24, 2.45) is 0 Å². The van der Waals surface area contributed by atoms with Crippen molar-refractivity contribution in [2.45, 2.75) is 6.43 Å². The number of carbonyl (C=O) groups is 1. The van der Waals surface area contributed by atoms with Crippen LogP contribution in [-0.2, 0) is 0 Å². The lowest BCUT2D eigenvalue weighted by Gasteiger charge is -2.13. The van der Waals surface area contributed by atoms with Crippen molar-refractivity contribution in [1.29, 1.82) is 0 Å². The maximum atomic E-state index is 13.0. The van der Waals surface area contributed by atoms with E-state index in [1.54, 1.807) is 0 Å². The summed E-state index contributed by atoms with van der Waals surface area (Å²) in [6, 6.07) is 2.65. The van der Waals surface area contributed by atoms with Crippen LogP contribution in [0.2, 0.25) is 5.15 Å². The van der Waals surface area contributed by atoms with E-state index >= 15 is 0 Å². The number of aromatic nitrogens is 2. The van der Waals surface area contributed by atoms with E-state index in [9.17, 15) is 18.7 Å². The molecule has 1 N–H and O–H groups in total. The van der Waals surface area contributed by atoms with Crippen LogP contribution in [0.4, 0.5) is 8.78 Å². The minimum absolute atomic E-state index is 0.00273. The molecule has 0 aliphatic heterocycles. The normalized spacial score (nSPS) is 10.7. The van der Waals surface area contributed by atoms with Gasteiger partial charge in [0.1, 0.15) is 16.6 Å². The van der Waals surface area contributed by atoms with Crippen LogP contribution in [0.3, 0.4) is 0 Å². The fourth-order valence-electron chi connectivity index (χ4n) is 1.89.